The summed E-state index contributed by atoms with van der Waals surface area (Å²) >= 11 is 0. The first-order valence-electron chi connectivity index (χ1n) is 13.5. The largest absolute Gasteiger partial charge is 0.496 e. The van der Waals surface area contributed by atoms with Gasteiger partial charge in [0.05, 0.1) is 53.7 Å². The lowest BCUT2D eigenvalue weighted by atomic mass is 9.87. The molecule has 2 heterocycles. The summed E-state index contributed by atoms with van der Waals surface area (Å²) in [5.41, 5.74) is 2.79. The zero-order valence-corrected chi connectivity index (χ0v) is 25.1. The average molecular weight is 575 g/mol. The summed E-state index contributed by atoms with van der Waals surface area (Å²) in [6.07, 6.45) is 0.782. The van der Waals surface area contributed by atoms with Crippen LogP contribution in [0.4, 0.5) is 4.79 Å². The molecule has 2 aromatic carbocycles. The lowest BCUT2D eigenvalue weighted by molar-refractivity contribution is -0.142. The fourth-order valence-corrected chi connectivity index (χ4v) is 6.57. The van der Waals surface area contributed by atoms with Crippen molar-refractivity contribution in [2.75, 3.05) is 20.8 Å². The molecular formula is C30H34N4O6Si. The Bertz CT molecular complexity index is 1730. The van der Waals surface area contributed by atoms with Gasteiger partial charge in [-0.05, 0) is 55.3 Å². The third-order valence-corrected chi connectivity index (χ3v) is 9.64. The summed E-state index contributed by atoms with van der Waals surface area (Å²) in [6, 6.07) is 12.0. The smallest absolute Gasteiger partial charge is 0.416 e. The molecule has 10 nitrogen and oxygen atoms in total. The van der Waals surface area contributed by atoms with Gasteiger partial charge < -0.3 is 23.9 Å². The molecule has 214 valence electrons. The van der Waals surface area contributed by atoms with Gasteiger partial charge >= 0.3 is 12.1 Å². The van der Waals surface area contributed by atoms with E-state index in [0.717, 1.165) is 11.6 Å². The highest BCUT2D eigenvalue weighted by molar-refractivity contribution is 6.76. The number of benzene rings is 2. The maximum absolute atomic E-state index is 13.2. The van der Waals surface area contributed by atoms with E-state index in [1.807, 2.05) is 11.5 Å². The molecule has 1 fully saturated rings. The number of carbonyl (C=O) groups excluding carboxylic acids is 1. The van der Waals surface area contributed by atoms with E-state index < -0.39 is 31.5 Å². The van der Waals surface area contributed by atoms with Crippen LogP contribution < -0.4 is 4.74 Å². The number of methoxy groups -OCH3 is 2. The van der Waals surface area contributed by atoms with Crippen molar-refractivity contribution in [3.63, 3.8) is 0 Å². The van der Waals surface area contributed by atoms with Crippen molar-refractivity contribution in [2.24, 2.45) is 5.92 Å². The second-order valence-electron chi connectivity index (χ2n) is 11.8. The first-order chi connectivity index (χ1) is 19.5. The monoisotopic (exact) mass is 574 g/mol. The molecule has 0 aliphatic heterocycles. The van der Waals surface area contributed by atoms with Crippen molar-refractivity contribution in [3.8, 4) is 11.8 Å². The highest BCUT2D eigenvalue weighted by atomic mass is 28.3. The number of ether oxygens (including phenoxy) is 3. The van der Waals surface area contributed by atoms with Crippen LogP contribution in [-0.2, 0) is 26.4 Å². The van der Waals surface area contributed by atoms with Crippen LogP contribution in [0.25, 0.3) is 21.9 Å². The van der Waals surface area contributed by atoms with Gasteiger partial charge in [0.25, 0.3) is 0 Å². The second-order valence-corrected chi connectivity index (χ2v) is 17.4. The molecule has 0 bridgehead atoms. The molecular weight excluding hydrogens is 540 g/mol. The van der Waals surface area contributed by atoms with Crippen molar-refractivity contribution in [3.05, 3.63) is 59.0 Å². The molecule has 1 N–H and O–H groups in total. The van der Waals surface area contributed by atoms with Crippen LogP contribution in [0, 0.1) is 24.2 Å². The van der Waals surface area contributed by atoms with Crippen LogP contribution in [0.5, 0.6) is 5.75 Å². The molecule has 1 aliphatic carbocycles. The van der Waals surface area contributed by atoms with E-state index in [4.69, 9.17) is 19.2 Å². The second kappa shape index (κ2) is 10.4. The van der Waals surface area contributed by atoms with Gasteiger partial charge in [0, 0.05) is 31.8 Å². The van der Waals surface area contributed by atoms with E-state index in [2.05, 4.69) is 25.7 Å². The maximum Gasteiger partial charge on any atom is 0.416 e. The Morgan fingerprint density at radius 1 is 1.22 bits per heavy atom. The zero-order chi connectivity index (χ0) is 29.7. The fourth-order valence-electron chi connectivity index (χ4n) is 5.81. The number of hydrogen-bond acceptors (Lipinski definition) is 7. The summed E-state index contributed by atoms with van der Waals surface area (Å²) in [6.45, 7) is 9.42. The van der Waals surface area contributed by atoms with Crippen molar-refractivity contribution < 1.29 is 28.9 Å². The third-order valence-electron chi connectivity index (χ3n) is 7.93. The zero-order valence-electron chi connectivity index (χ0n) is 24.1. The summed E-state index contributed by atoms with van der Waals surface area (Å²) < 4.78 is 20.4. The van der Waals surface area contributed by atoms with E-state index in [1.165, 1.54) is 17.9 Å². The Kier molecular flexibility index (Phi) is 7.17. The minimum atomic E-state index is -1.35. The Morgan fingerprint density at radius 3 is 2.61 bits per heavy atom. The summed E-state index contributed by atoms with van der Waals surface area (Å²) in [7, 11) is 1.57. The van der Waals surface area contributed by atoms with Crippen molar-refractivity contribution in [1.29, 1.82) is 5.26 Å². The number of esters is 1. The van der Waals surface area contributed by atoms with Gasteiger partial charge in [0.2, 0.25) is 0 Å². The number of nitriles is 1. The summed E-state index contributed by atoms with van der Waals surface area (Å²) in [5.74, 6) is 0.126. The molecule has 41 heavy (non-hydrogen) atoms. The molecule has 5 rings (SSSR count). The number of nitrogens with zero attached hydrogens (tertiary/aromatic N) is 4. The standard InChI is InChI=1S/C30H34N4O6Si/c1-18-13-24(38-2)25(20-9-10-33(26(18)20)29(36)37)30(15-21(30)27(35)39-3)28-32-22-8-7-19(16-31)14-23(22)34(28)17-40-11-12-41(4,5)6/h7-10,13-14,21H,11-12,15,17H2,1-6H3,(H,36,37). The third kappa shape index (κ3) is 4.77. The Balaban J connectivity index is 1.78. The SMILES string of the molecule is COC(=O)C1CC1(c1c(OC)cc(C)c2c1ccn2C(=O)O)c1nc2ccc(C#N)cc2n1COCC[Si](C)(C)C. The molecule has 2 aromatic heterocycles. The van der Waals surface area contributed by atoms with Gasteiger partial charge in [-0.15, -0.1) is 0 Å². The Labute approximate surface area is 239 Å². The van der Waals surface area contributed by atoms with Crippen LogP contribution in [-0.4, -0.2) is 60.2 Å². The molecule has 1 aliphatic rings. The first kappa shape index (κ1) is 28.4. The van der Waals surface area contributed by atoms with Crippen molar-refractivity contribution in [1.82, 2.24) is 14.1 Å². The van der Waals surface area contributed by atoms with Crippen LogP contribution in [0.3, 0.4) is 0 Å². The topological polar surface area (TPSA) is 129 Å². The Morgan fingerprint density at radius 2 is 1.98 bits per heavy atom. The van der Waals surface area contributed by atoms with Crippen molar-refractivity contribution in [2.45, 2.75) is 51.2 Å². The number of carbonyl (C=O) groups is 2. The quantitative estimate of drug-likeness (QED) is 0.158. The van der Waals surface area contributed by atoms with E-state index >= 15 is 0 Å². The van der Waals surface area contributed by atoms with Gasteiger partial charge in [-0.3, -0.25) is 9.36 Å². The van der Waals surface area contributed by atoms with E-state index in [9.17, 15) is 20.0 Å². The molecule has 0 saturated heterocycles. The number of rotatable bonds is 9. The van der Waals surface area contributed by atoms with Gasteiger partial charge in [-0.2, -0.15) is 5.26 Å². The molecule has 0 amide bonds. The molecule has 11 heteroatoms. The van der Waals surface area contributed by atoms with E-state index in [-0.39, 0.29) is 6.73 Å². The number of aromatic nitrogens is 3. The number of imidazole rings is 1. The number of hydrogen-bond donors (Lipinski definition) is 1. The van der Waals surface area contributed by atoms with Gasteiger partial charge in [-0.25, -0.2) is 9.78 Å². The normalized spacial score (nSPS) is 18.4. The number of aryl methyl sites for hydroxylation is 1. The molecule has 0 spiro atoms. The highest BCUT2D eigenvalue weighted by Crippen LogP contribution is 2.63. The van der Waals surface area contributed by atoms with Gasteiger partial charge in [-0.1, -0.05) is 19.6 Å². The fraction of sp³-hybridized carbons (Fsp3) is 0.400. The van der Waals surface area contributed by atoms with Crippen LogP contribution in [0.1, 0.15) is 28.9 Å². The van der Waals surface area contributed by atoms with Gasteiger partial charge in [0.1, 0.15) is 18.3 Å². The molecule has 1 saturated carbocycles. The molecule has 2 atom stereocenters. The average Bonchev–Trinajstić information content (AvgIpc) is 3.32. The summed E-state index contributed by atoms with van der Waals surface area (Å²) in [4.78, 5) is 30.3. The van der Waals surface area contributed by atoms with Crippen LogP contribution >= 0.6 is 0 Å². The van der Waals surface area contributed by atoms with Crippen molar-refractivity contribution >= 4 is 42.1 Å². The lowest BCUT2D eigenvalue weighted by Gasteiger charge is -2.24. The number of fused-ring (bicyclic) bond motifs is 2. The van der Waals surface area contributed by atoms with Crippen LogP contribution in [0.2, 0.25) is 25.7 Å². The highest BCUT2D eigenvalue weighted by Gasteiger charge is 2.65. The minimum absolute atomic E-state index is 0.175. The Hall–Kier alpha value is -4.14. The molecule has 4 aromatic rings. The van der Waals surface area contributed by atoms with Crippen LogP contribution in [0.15, 0.2) is 36.5 Å². The van der Waals surface area contributed by atoms with Gasteiger partial charge in [0.15, 0.2) is 0 Å². The van der Waals surface area contributed by atoms with E-state index in [0.29, 0.717) is 57.7 Å². The predicted molar refractivity (Wildman–Crippen MR) is 156 cm³/mol. The molecule has 2 unspecified atom stereocenters. The lowest BCUT2D eigenvalue weighted by Crippen LogP contribution is -2.25. The number of carboxylic acid groups (broad SMARTS) is 1. The minimum Gasteiger partial charge on any atom is -0.496 e. The maximum atomic E-state index is 13.2. The first-order valence-corrected chi connectivity index (χ1v) is 17.2. The predicted octanol–water partition coefficient (Wildman–Crippen LogP) is 5.50. The van der Waals surface area contributed by atoms with E-state index in [1.54, 1.807) is 37.4 Å². The summed E-state index contributed by atoms with van der Waals surface area (Å²) in [5, 5.41) is 20.2. The molecule has 0 radical (unpaired) electrons.